The minimum Gasteiger partial charge on any atom is -0.395 e. The molecule has 0 rings (SSSR count). The summed E-state index contributed by atoms with van der Waals surface area (Å²) in [5.41, 5.74) is 5.32. The molecule has 0 aromatic rings. The molecule has 0 aliphatic carbocycles. The minimum absolute atomic E-state index is 0.187. The zero-order valence-electron chi connectivity index (χ0n) is 9.05. The van der Waals surface area contributed by atoms with Crippen LogP contribution in [-0.4, -0.2) is 57.0 Å². The number of hydrogen-bond acceptors (Lipinski definition) is 5. The number of hydrogen-bond donors (Lipinski definition) is 5. The van der Waals surface area contributed by atoms with E-state index in [4.69, 9.17) is 10.8 Å². The highest BCUT2D eigenvalue weighted by Gasteiger charge is 1.95. The maximum Gasteiger partial charge on any atom is 0.0581 e. The molecule has 0 spiro atoms. The molecule has 5 heteroatoms. The molecule has 0 aliphatic rings. The smallest absolute Gasteiger partial charge is 0.0581 e. The highest BCUT2D eigenvalue weighted by Crippen LogP contribution is 1.74. The van der Waals surface area contributed by atoms with Crippen molar-refractivity contribution in [3.63, 3.8) is 0 Å². The molecular weight excluding hydrogens is 180 g/mol. The summed E-state index contributed by atoms with van der Waals surface area (Å²) >= 11 is 0. The number of aliphatic hydroxyl groups is 1. The predicted molar refractivity (Wildman–Crippen MR) is 59.3 cm³/mol. The van der Waals surface area contributed by atoms with Crippen LogP contribution in [0.2, 0.25) is 0 Å². The Labute approximate surface area is 86.4 Å². The largest absolute Gasteiger partial charge is 0.395 e. The molecule has 0 aromatic heterocycles. The van der Waals surface area contributed by atoms with Gasteiger partial charge in [0.25, 0.3) is 0 Å². The van der Waals surface area contributed by atoms with Gasteiger partial charge in [-0.2, -0.15) is 0 Å². The zero-order chi connectivity index (χ0) is 10.6. The second-order valence-corrected chi connectivity index (χ2v) is 3.33. The fourth-order valence-electron chi connectivity index (χ4n) is 1.00. The van der Waals surface area contributed by atoms with Crippen molar-refractivity contribution in [2.45, 2.75) is 13.0 Å². The molecule has 0 aliphatic heterocycles. The molecule has 0 fully saturated rings. The highest BCUT2D eigenvalue weighted by atomic mass is 16.3. The van der Waals surface area contributed by atoms with Gasteiger partial charge < -0.3 is 26.8 Å². The van der Waals surface area contributed by atoms with Crippen LogP contribution in [-0.2, 0) is 0 Å². The van der Waals surface area contributed by atoms with Gasteiger partial charge in [0.1, 0.15) is 0 Å². The third-order valence-corrected chi connectivity index (χ3v) is 1.87. The second-order valence-electron chi connectivity index (χ2n) is 3.33. The number of nitrogens with one attached hydrogen (secondary N) is 3. The number of nitrogens with two attached hydrogens (primary N) is 1. The Kier molecular flexibility index (Phi) is 10.7. The van der Waals surface area contributed by atoms with Gasteiger partial charge in [-0.1, -0.05) is 0 Å². The van der Waals surface area contributed by atoms with Gasteiger partial charge in [-0.25, -0.2) is 0 Å². The summed E-state index contributed by atoms with van der Waals surface area (Å²) in [6, 6.07) is 0.187. The van der Waals surface area contributed by atoms with E-state index in [1.54, 1.807) is 0 Å². The normalized spacial score (nSPS) is 13.1. The van der Waals surface area contributed by atoms with Crippen LogP contribution in [0.25, 0.3) is 0 Å². The molecule has 0 aromatic carbocycles. The lowest BCUT2D eigenvalue weighted by molar-refractivity contribution is 0.252. The van der Waals surface area contributed by atoms with Crippen LogP contribution in [0.3, 0.4) is 0 Å². The third kappa shape index (κ3) is 9.88. The molecule has 0 bridgehead atoms. The van der Waals surface area contributed by atoms with Gasteiger partial charge in [-0.15, -0.1) is 0 Å². The zero-order valence-corrected chi connectivity index (χ0v) is 9.05. The maximum atomic E-state index is 8.73. The summed E-state index contributed by atoms with van der Waals surface area (Å²) in [5.74, 6) is 0. The Balaban J connectivity index is 2.92. The van der Waals surface area contributed by atoms with Crippen LogP contribution in [0.5, 0.6) is 0 Å². The van der Waals surface area contributed by atoms with Crippen LogP contribution in [0.1, 0.15) is 6.92 Å². The minimum atomic E-state index is 0.187. The molecule has 1 atom stereocenters. The summed E-state index contributed by atoms with van der Waals surface area (Å²) < 4.78 is 0. The number of rotatable bonds is 10. The van der Waals surface area contributed by atoms with Crippen LogP contribution in [0, 0.1) is 0 Å². The van der Waals surface area contributed by atoms with E-state index in [-0.39, 0.29) is 12.6 Å². The van der Waals surface area contributed by atoms with Crippen molar-refractivity contribution < 1.29 is 5.11 Å². The lowest BCUT2D eigenvalue weighted by atomic mass is 10.3. The Morgan fingerprint density at radius 3 is 2.21 bits per heavy atom. The van der Waals surface area contributed by atoms with Gasteiger partial charge in [-0.05, 0) is 6.92 Å². The molecule has 14 heavy (non-hydrogen) atoms. The molecule has 0 amide bonds. The van der Waals surface area contributed by atoms with Crippen LogP contribution in [0.4, 0.5) is 0 Å². The van der Waals surface area contributed by atoms with E-state index in [1.807, 2.05) is 6.92 Å². The summed E-state index contributed by atoms with van der Waals surface area (Å²) in [6.45, 7) is 7.44. The van der Waals surface area contributed by atoms with Crippen molar-refractivity contribution in [1.82, 2.24) is 16.0 Å². The first-order chi connectivity index (χ1) is 6.81. The van der Waals surface area contributed by atoms with Crippen molar-refractivity contribution in [3.05, 3.63) is 0 Å². The van der Waals surface area contributed by atoms with E-state index < -0.39 is 0 Å². The fraction of sp³-hybridized carbons (Fsp3) is 1.00. The highest BCUT2D eigenvalue weighted by molar-refractivity contribution is 4.60. The van der Waals surface area contributed by atoms with E-state index in [2.05, 4.69) is 16.0 Å². The topological polar surface area (TPSA) is 82.3 Å². The van der Waals surface area contributed by atoms with Crippen LogP contribution < -0.4 is 21.7 Å². The molecule has 6 N–H and O–H groups in total. The Morgan fingerprint density at radius 2 is 1.64 bits per heavy atom. The van der Waals surface area contributed by atoms with Gasteiger partial charge >= 0.3 is 0 Å². The first-order valence-corrected chi connectivity index (χ1v) is 5.27. The van der Waals surface area contributed by atoms with Crippen molar-refractivity contribution in [3.8, 4) is 0 Å². The van der Waals surface area contributed by atoms with Crippen LogP contribution in [0.15, 0.2) is 0 Å². The van der Waals surface area contributed by atoms with Gasteiger partial charge in [0, 0.05) is 45.3 Å². The Hall–Kier alpha value is -0.200. The third-order valence-electron chi connectivity index (χ3n) is 1.87. The average molecular weight is 204 g/mol. The van der Waals surface area contributed by atoms with Gasteiger partial charge in [0.05, 0.1) is 6.61 Å². The van der Waals surface area contributed by atoms with Gasteiger partial charge in [0.2, 0.25) is 0 Å². The van der Waals surface area contributed by atoms with Crippen molar-refractivity contribution in [2.24, 2.45) is 5.73 Å². The maximum absolute atomic E-state index is 8.73. The molecule has 0 radical (unpaired) electrons. The summed E-state index contributed by atoms with van der Waals surface area (Å²) in [5, 5.41) is 18.4. The SMILES string of the molecule is CC(CO)NCCNCCNCCN. The average Bonchev–Trinajstić information content (AvgIpc) is 2.21. The lowest BCUT2D eigenvalue weighted by Gasteiger charge is -2.11. The van der Waals surface area contributed by atoms with Crippen molar-refractivity contribution in [1.29, 1.82) is 0 Å². The molecule has 0 heterocycles. The first-order valence-electron chi connectivity index (χ1n) is 5.27. The van der Waals surface area contributed by atoms with Gasteiger partial charge in [-0.3, -0.25) is 0 Å². The molecular formula is C9H24N4O. The fourth-order valence-corrected chi connectivity index (χ4v) is 1.00. The van der Waals surface area contributed by atoms with Crippen LogP contribution >= 0.6 is 0 Å². The predicted octanol–water partition coefficient (Wildman–Crippen LogP) is -1.91. The molecule has 0 saturated heterocycles. The number of aliphatic hydroxyl groups excluding tert-OH is 1. The van der Waals surface area contributed by atoms with E-state index in [0.717, 1.165) is 32.7 Å². The molecule has 5 nitrogen and oxygen atoms in total. The molecule has 1 unspecified atom stereocenters. The van der Waals surface area contributed by atoms with Crippen molar-refractivity contribution >= 4 is 0 Å². The van der Waals surface area contributed by atoms with E-state index in [0.29, 0.717) is 6.54 Å². The van der Waals surface area contributed by atoms with E-state index in [9.17, 15) is 0 Å². The lowest BCUT2D eigenvalue weighted by Crippen LogP contribution is -2.37. The monoisotopic (exact) mass is 204 g/mol. The quantitative estimate of drug-likeness (QED) is 0.268. The summed E-state index contributed by atoms with van der Waals surface area (Å²) in [7, 11) is 0. The summed E-state index contributed by atoms with van der Waals surface area (Å²) in [6.07, 6.45) is 0. The second kappa shape index (κ2) is 10.9. The molecule has 0 saturated carbocycles. The van der Waals surface area contributed by atoms with Crippen molar-refractivity contribution in [2.75, 3.05) is 45.9 Å². The Morgan fingerprint density at radius 1 is 1.07 bits per heavy atom. The summed E-state index contributed by atoms with van der Waals surface area (Å²) in [4.78, 5) is 0. The standard InChI is InChI=1S/C9H24N4O/c1-9(8-14)13-7-6-12-5-4-11-3-2-10/h9,11-14H,2-8,10H2,1H3. The molecule has 86 valence electrons. The Bertz CT molecular complexity index is 113. The van der Waals surface area contributed by atoms with E-state index in [1.165, 1.54) is 0 Å². The van der Waals surface area contributed by atoms with E-state index >= 15 is 0 Å². The first kappa shape index (κ1) is 13.8. The van der Waals surface area contributed by atoms with Gasteiger partial charge in [0.15, 0.2) is 0 Å².